The van der Waals surface area contributed by atoms with E-state index in [2.05, 4.69) is 0 Å². The molecule has 0 spiro atoms. The number of hydrogen-bond donors (Lipinski definition) is 1. The summed E-state index contributed by atoms with van der Waals surface area (Å²) in [6.07, 6.45) is 2.47. The molecule has 35 heavy (non-hydrogen) atoms. The van der Waals surface area contributed by atoms with Crippen LogP contribution < -0.4 is 0 Å². The monoisotopic (exact) mass is 498 g/mol. The molecule has 9 nitrogen and oxygen atoms in total. The number of hydrogen-bond acceptors (Lipinski definition) is 9. The SMILES string of the molecule is CC(F)(F)C(=O)OC1C2CC3C1OC(=O)C3C2C(=O)OCC(=O)OC12CC3CC(CC(O)(C3)C1)C2. The lowest BCUT2D eigenvalue weighted by Gasteiger charge is -2.59. The number of carbonyl (C=O) groups excluding carboxylic acids is 4. The zero-order chi connectivity index (χ0) is 24.9. The van der Waals surface area contributed by atoms with Gasteiger partial charge in [0.1, 0.15) is 17.8 Å². The Morgan fingerprint density at radius 1 is 1.11 bits per heavy atom. The summed E-state index contributed by atoms with van der Waals surface area (Å²) in [5.74, 6) is -10.1. The van der Waals surface area contributed by atoms with Gasteiger partial charge in [0.05, 0.1) is 17.4 Å². The average Bonchev–Trinajstić information content (AvgIpc) is 3.32. The first-order valence-electron chi connectivity index (χ1n) is 12.3. The Balaban J connectivity index is 1.10. The summed E-state index contributed by atoms with van der Waals surface area (Å²) in [7, 11) is 0. The molecule has 7 rings (SSSR count). The molecule has 8 atom stereocenters. The highest BCUT2D eigenvalue weighted by Crippen LogP contribution is 2.60. The Morgan fingerprint density at radius 3 is 2.43 bits per heavy atom. The van der Waals surface area contributed by atoms with Gasteiger partial charge in [0, 0.05) is 25.2 Å². The summed E-state index contributed by atoms with van der Waals surface area (Å²) in [5.41, 5.74) is -1.56. The van der Waals surface area contributed by atoms with Crippen molar-refractivity contribution in [1.82, 2.24) is 0 Å². The van der Waals surface area contributed by atoms with Gasteiger partial charge in [-0.25, -0.2) is 9.59 Å². The van der Waals surface area contributed by atoms with E-state index in [4.69, 9.17) is 18.9 Å². The van der Waals surface area contributed by atoms with Crippen LogP contribution in [0.4, 0.5) is 8.78 Å². The first-order chi connectivity index (χ1) is 16.4. The molecule has 1 aliphatic heterocycles. The third kappa shape index (κ3) is 3.64. The molecule has 0 aromatic rings. The lowest BCUT2D eigenvalue weighted by atomic mass is 9.52. The molecule has 0 radical (unpaired) electrons. The Kier molecular flexibility index (Phi) is 4.86. The Morgan fingerprint density at radius 2 is 1.80 bits per heavy atom. The number of halogens is 2. The van der Waals surface area contributed by atoms with Crippen LogP contribution >= 0.6 is 0 Å². The number of alkyl halides is 2. The third-order valence-electron chi connectivity index (χ3n) is 9.06. The van der Waals surface area contributed by atoms with Gasteiger partial charge < -0.3 is 24.1 Å². The van der Waals surface area contributed by atoms with Crippen molar-refractivity contribution in [3.8, 4) is 0 Å². The molecular formula is C24H28F2O9. The molecule has 1 N–H and O–H groups in total. The highest BCUT2D eigenvalue weighted by molar-refractivity contribution is 5.87. The average molecular weight is 498 g/mol. The van der Waals surface area contributed by atoms with Crippen LogP contribution in [0.3, 0.4) is 0 Å². The number of esters is 4. The molecule has 0 aromatic carbocycles. The molecule has 1 heterocycles. The fourth-order valence-corrected chi connectivity index (χ4v) is 8.44. The first-order valence-corrected chi connectivity index (χ1v) is 12.3. The van der Waals surface area contributed by atoms with Crippen molar-refractivity contribution in [2.45, 2.75) is 81.2 Å². The second-order valence-corrected chi connectivity index (χ2v) is 11.7. The molecule has 6 bridgehead atoms. The molecule has 7 fully saturated rings. The number of rotatable bonds is 6. The fraction of sp³-hybridized carbons (Fsp3) is 0.833. The molecule has 6 saturated carbocycles. The van der Waals surface area contributed by atoms with E-state index in [9.17, 15) is 33.1 Å². The third-order valence-corrected chi connectivity index (χ3v) is 9.06. The predicted molar refractivity (Wildman–Crippen MR) is 108 cm³/mol. The zero-order valence-corrected chi connectivity index (χ0v) is 19.2. The molecule has 1 saturated heterocycles. The minimum Gasteiger partial charge on any atom is -0.458 e. The fourth-order valence-electron chi connectivity index (χ4n) is 8.44. The number of ether oxygens (including phenoxy) is 4. The second kappa shape index (κ2) is 7.36. The molecule has 6 aliphatic carbocycles. The van der Waals surface area contributed by atoms with Crippen LogP contribution in [0.5, 0.6) is 0 Å². The summed E-state index contributed by atoms with van der Waals surface area (Å²) in [5, 5.41) is 10.8. The van der Waals surface area contributed by atoms with Crippen LogP contribution in [-0.2, 0) is 38.1 Å². The molecule has 0 aromatic heterocycles. The van der Waals surface area contributed by atoms with Gasteiger partial charge in [-0.15, -0.1) is 0 Å². The minimum atomic E-state index is -3.73. The topological polar surface area (TPSA) is 125 Å². The maximum atomic E-state index is 13.4. The largest absolute Gasteiger partial charge is 0.458 e. The minimum absolute atomic E-state index is 0.295. The van der Waals surface area contributed by atoms with Gasteiger partial charge in [0.15, 0.2) is 6.61 Å². The van der Waals surface area contributed by atoms with Crippen molar-refractivity contribution in [2.24, 2.45) is 35.5 Å². The molecule has 11 heteroatoms. The number of fused-ring (bicyclic) bond motifs is 1. The summed E-state index contributed by atoms with van der Waals surface area (Å²) in [6, 6.07) is 0. The van der Waals surface area contributed by atoms with E-state index in [1.165, 1.54) is 0 Å². The highest BCUT2D eigenvalue weighted by Gasteiger charge is 2.70. The Hall–Kier alpha value is -2.30. The van der Waals surface area contributed by atoms with Crippen LogP contribution in [0.25, 0.3) is 0 Å². The molecule has 192 valence electrons. The Labute approximate surface area is 199 Å². The van der Waals surface area contributed by atoms with E-state index < -0.39 is 83.5 Å². The zero-order valence-electron chi connectivity index (χ0n) is 19.2. The lowest BCUT2D eigenvalue weighted by Crippen LogP contribution is -2.60. The maximum absolute atomic E-state index is 13.4. The van der Waals surface area contributed by atoms with E-state index in [0.29, 0.717) is 44.4 Å². The first kappa shape index (κ1) is 23.1. The van der Waals surface area contributed by atoms with Crippen LogP contribution in [0, 0.1) is 35.5 Å². The van der Waals surface area contributed by atoms with E-state index >= 15 is 0 Å². The lowest BCUT2D eigenvalue weighted by molar-refractivity contribution is -0.222. The van der Waals surface area contributed by atoms with Crippen LogP contribution in [0.2, 0.25) is 0 Å². The number of carbonyl (C=O) groups is 4. The van der Waals surface area contributed by atoms with Gasteiger partial charge in [-0.1, -0.05) is 0 Å². The van der Waals surface area contributed by atoms with Gasteiger partial charge in [0.2, 0.25) is 0 Å². The van der Waals surface area contributed by atoms with E-state index in [1.54, 1.807) is 0 Å². The van der Waals surface area contributed by atoms with Gasteiger partial charge >= 0.3 is 29.8 Å². The van der Waals surface area contributed by atoms with Gasteiger partial charge in [-0.2, -0.15) is 8.78 Å². The van der Waals surface area contributed by atoms with E-state index in [0.717, 1.165) is 19.3 Å². The highest BCUT2D eigenvalue weighted by atomic mass is 19.3. The molecular weight excluding hydrogens is 470 g/mol. The second-order valence-electron chi connectivity index (χ2n) is 11.7. The van der Waals surface area contributed by atoms with Crippen molar-refractivity contribution in [3.05, 3.63) is 0 Å². The van der Waals surface area contributed by atoms with Crippen LogP contribution in [-0.4, -0.2) is 64.9 Å². The van der Waals surface area contributed by atoms with Gasteiger partial charge in [-0.3, -0.25) is 9.59 Å². The summed E-state index contributed by atoms with van der Waals surface area (Å²) < 4.78 is 48.0. The number of aliphatic hydroxyl groups is 1. The molecule has 7 aliphatic rings. The predicted octanol–water partition coefficient (Wildman–Crippen LogP) is 1.53. The van der Waals surface area contributed by atoms with Gasteiger partial charge in [-0.05, 0) is 50.4 Å². The van der Waals surface area contributed by atoms with Crippen LogP contribution in [0.15, 0.2) is 0 Å². The van der Waals surface area contributed by atoms with Crippen molar-refractivity contribution in [3.63, 3.8) is 0 Å². The van der Waals surface area contributed by atoms with E-state index in [1.807, 2.05) is 0 Å². The molecule has 8 unspecified atom stereocenters. The van der Waals surface area contributed by atoms with Crippen molar-refractivity contribution in [2.75, 3.05) is 6.61 Å². The standard InChI is InChI=1S/C24H28F2O9/c1-22(25,26)21(30)34-18-12-3-13-16(20(29)33-17(13)18)15(12)19(28)32-8-14(27)35-24-6-10-2-11(7-24)5-23(31,4-10)9-24/h10-13,15-18,31H,2-9H2,1H3. The van der Waals surface area contributed by atoms with Crippen LogP contribution in [0.1, 0.15) is 51.9 Å². The van der Waals surface area contributed by atoms with E-state index in [-0.39, 0.29) is 0 Å². The van der Waals surface area contributed by atoms with Crippen molar-refractivity contribution < 1.29 is 52.0 Å². The summed E-state index contributed by atoms with van der Waals surface area (Å²) in [6.45, 7) is -0.253. The molecule has 0 amide bonds. The Bertz CT molecular complexity index is 976. The normalized spacial score (nSPS) is 46.5. The van der Waals surface area contributed by atoms with Gasteiger partial charge in [0.25, 0.3) is 0 Å². The smallest absolute Gasteiger partial charge is 0.377 e. The summed E-state index contributed by atoms with van der Waals surface area (Å²) in [4.78, 5) is 49.7. The maximum Gasteiger partial charge on any atom is 0.377 e. The quantitative estimate of drug-likeness (QED) is 0.429. The van der Waals surface area contributed by atoms with Crippen molar-refractivity contribution in [1.29, 1.82) is 0 Å². The van der Waals surface area contributed by atoms with Crippen molar-refractivity contribution >= 4 is 23.9 Å². The summed E-state index contributed by atoms with van der Waals surface area (Å²) >= 11 is 0.